The lowest BCUT2D eigenvalue weighted by molar-refractivity contribution is -0.155. The number of aliphatic carboxylic acids is 1. The summed E-state index contributed by atoms with van der Waals surface area (Å²) in [6, 6.07) is 0. The minimum absolute atomic E-state index is 0.101. The fraction of sp³-hybridized carbons (Fsp3) is 0.818. The number of nitrogens with zero attached hydrogens (tertiary/aromatic N) is 1. The zero-order valence-electron chi connectivity index (χ0n) is 10.0. The van der Waals surface area contributed by atoms with Gasteiger partial charge in [0.05, 0.1) is 0 Å². The average Bonchev–Trinajstić information content (AvgIpc) is 2.16. The first-order valence-corrected chi connectivity index (χ1v) is 5.34. The Kier molecular flexibility index (Phi) is 5.33. The normalized spacial score (nSPS) is 11.2. The van der Waals surface area contributed by atoms with Gasteiger partial charge in [0, 0.05) is 13.5 Å². The third kappa shape index (κ3) is 3.90. The molecule has 88 valence electrons. The van der Waals surface area contributed by atoms with Gasteiger partial charge in [0.2, 0.25) is 5.91 Å². The molecule has 0 aromatic rings. The second-order valence-corrected chi connectivity index (χ2v) is 4.27. The van der Waals surface area contributed by atoms with E-state index in [2.05, 4.69) is 6.92 Å². The van der Waals surface area contributed by atoms with Crippen molar-refractivity contribution >= 4 is 11.9 Å². The Balaban J connectivity index is 4.25. The van der Waals surface area contributed by atoms with E-state index in [4.69, 9.17) is 5.11 Å². The summed E-state index contributed by atoms with van der Waals surface area (Å²) in [5, 5.41) is 8.94. The van der Waals surface area contributed by atoms with Crippen molar-refractivity contribution in [3.63, 3.8) is 0 Å². The Labute approximate surface area is 91.3 Å². The Hall–Kier alpha value is -1.06. The summed E-state index contributed by atoms with van der Waals surface area (Å²) in [7, 11) is 1.54. The standard InChI is InChI=1S/C11H21NO3/c1-5-6-7-8-9(13)12(4)11(2,3)10(14)15/h5-8H2,1-4H3,(H,14,15). The first-order chi connectivity index (χ1) is 6.84. The largest absolute Gasteiger partial charge is 0.480 e. The molecule has 0 spiro atoms. The van der Waals surface area contributed by atoms with Gasteiger partial charge in [-0.05, 0) is 20.3 Å². The molecule has 0 aromatic heterocycles. The van der Waals surface area contributed by atoms with Crippen LogP contribution in [0.15, 0.2) is 0 Å². The predicted octanol–water partition coefficient (Wildman–Crippen LogP) is 1.89. The van der Waals surface area contributed by atoms with Crippen molar-refractivity contribution in [1.82, 2.24) is 4.90 Å². The fourth-order valence-corrected chi connectivity index (χ4v) is 1.15. The number of carboxylic acid groups (broad SMARTS) is 1. The molecular formula is C11H21NO3. The predicted molar refractivity (Wildman–Crippen MR) is 58.6 cm³/mol. The second-order valence-electron chi connectivity index (χ2n) is 4.27. The Morgan fingerprint density at radius 1 is 1.27 bits per heavy atom. The summed E-state index contributed by atoms with van der Waals surface area (Å²) >= 11 is 0. The van der Waals surface area contributed by atoms with Crippen molar-refractivity contribution in [3.8, 4) is 0 Å². The maximum atomic E-state index is 11.6. The number of carboxylic acids is 1. The van der Waals surface area contributed by atoms with Gasteiger partial charge >= 0.3 is 5.97 Å². The minimum atomic E-state index is -1.12. The van der Waals surface area contributed by atoms with E-state index in [1.807, 2.05) is 0 Å². The minimum Gasteiger partial charge on any atom is -0.480 e. The van der Waals surface area contributed by atoms with E-state index in [-0.39, 0.29) is 5.91 Å². The summed E-state index contributed by atoms with van der Waals surface area (Å²) in [5.74, 6) is -1.08. The molecule has 1 N–H and O–H groups in total. The van der Waals surface area contributed by atoms with E-state index in [1.54, 1.807) is 7.05 Å². The van der Waals surface area contributed by atoms with Crippen LogP contribution >= 0.6 is 0 Å². The Morgan fingerprint density at radius 3 is 2.20 bits per heavy atom. The number of hydrogen-bond acceptors (Lipinski definition) is 2. The molecule has 0 saturated heterocycles. The van der Waals surface area contributed by atoms with Gasteiger partial charge in [-0.2, -0.15) is 0 Å². The third-order valence-corrected chi connectivity index (χ3v) is 2.73. The molecule has 0 bridgehead atoms. The highest BCUT2D eigenvalue weighted by Crippen LogP contribution is 2.14. The highest BCUT2D eigenvalue weighted by Gasteiger charge is 2.34. The van der Waals surface area contributed by atoms with Gasteiger partial charge in [-0.3, -0.25) is 4.79 Å². The number of hydrogen-bond donors (Lipinski definition) is 1. The molecule has 0 radical (unpaired) electrons. The first kappa shape index (κ1) is 13.9. The Morgan fingerprint density at radius 2 is 1.80 bits per heavy atom. The van der Waals surface area contributed by atoms with Crippen LogP contribution < -0.4 is 0 Å². The van der Waals surface area contributed by atoms with Crippen LogP contribution in [-0.2, 0) is 9.59 Å². The summed E-state index contributed by atoms with van der Waals surface area (Å²) in [6.45, 7) is 5.13. The van der Waals surface area contributed by atoms with Gasteiger partial charge in [-0.25, -0.2) is 4.79 Å². The van der Waals surface area contributed by atoms with Crippen LogP contribution in [-0.4, -0.2) is 34.5 Å². The van der Waals surface area contributed by atoms with Gasteiger partial charge in [-0.15, -0.1) is 0 Å². The molecule has 1 amide bonds. The van der Waals surface area contributed by atoms with Gasteiger partial charge < -0.3 is 10.0 Å². The maximum Gasteiger partial charge on any atom is 0.329 e. The van der Waals surface area contributed by atoms with Crippen molar-refractivity contribution in [2.24, 2.45) is 0 Å². The van der Waals surface area contributed by atoms with Crippen molar-refractivity contribution in [3.05, 3.63) is 0 Å². The fourth-order valence-electron chi connectivity index (χ4n) is 1.15. The maximum absolute atomic E-state index is 11.6. The molecule has 0 atom stereocenters. The molecule has 0 saturated carbocycles. The molecule has 0 aliphatic heterocycles. The molecule has 0 rings (SSSR count). The van der Waals surface area contributed by atoms with Crippen LogP contribution in [0.1, 0.15) is 46.5 Å². The van der Waals surface area contributed by atoms with Gasteiger partial charge in [0.25, 0.3) is 0 Å². The van der Waals surface area contributed by atoms with E-state index >= 15 is 0 Å². The SMILES string of the molecule is CCCCCC(=O)N(C)C(C)(C)C(=O)O. The number of amides is 1. The highest BCUT2D eigenvalue weighted by atomic mass is 16.4. The highest BCUT2D eigenvalue weighted by molar-refractivity contribution is 5.86. The first-order valence-electron chi connectivity index (χ1n) is 5.34. The van der Waals surface area contributed by atoms with Crippen LogP contribution in [0.5, 0.6) is 0 Å². The number of carbonyl (C=O) groups excluding carboxylic acids is 1. The van der Waals surface area contributed by atoms with Crippen molar-refractivity contribution < 1.29 is 14.7 Å². The summed E-state index contributed by atoms with van der Waals surface area (Å²) in [4.78, 5) is 23.8. The lowest BCUT2D eigenvalue weighted by atomic mass is 10.0. The smallest absolute Gasteiger partial charge is 0.329 e. The van der Waals surface area contributed by atoms with Gasteiger partial charge in [0.1, 0.15) is 5.54 Å². The zero-order valence-corrected chi connectivity index (χ0v) is 10.0. The van der Waals surface area contributed by atoms with Crippen molar-refractivity contribution in [2.45, 2.75) is 52.0 Å². The molecule has 4 nitrogen and oxygen atoms in total. The van der Waals surface area contributed by atoms with E-state index in [0.717, 1.165) is 19.3 Å². The summed E-state index contributed by atoms with van der Waals surface area (Å²) in [6.07, 6.45) is 3.32. The quantitative estimate of drug-likeness (QED) is 0.688. The van der Waals surface area contributed by atoms with E-state index in [9.17, 15) is 9.59 Å². The molecule has 0 aliphatic rings. The number of rotatable bonds is 6. The molecule has 0 unspecified atom stereocenters. The van der Waals surface area contributed by atoms with Crippen LogP contribution in [0.25, 0.3) is 0 Å². The van der Waals surface area contributed by atoms with Crippen LogP contribution in [0.4, 0.5) is 0 Å². The van der Waals surface area contributed by atoms with Crippen LogP contribution in [0.2, 0.25) is 0 Å². The third-order valence-electron chi connectivity index (χ3n) is 2.73. The Bertz CT molecular complexity index is 236. The topological polar surface area (TPSA) is 57.6 Å². The second kappa shape index (κ2) is 5.73. The molecule has 4 heteroatoms. The molecular weight excluding hydrogens is 194 g/mol. The van der Waals surface area contributed by atoms with Crippen LogP contribution in [0, 0.1) is 0 Å². The van der Waals surface area contributed by atoms with Crippen LogP contribution in [0.3, 0.4) is 0 Å². The van der Waals surface area contributed by atoms with Gasteiger partial charge in [-0.1, -0.05) is 19.8 Å². The monoisotopic (exact) mass is 215 g/mol. The molecule has 15 heavy (non-hydrogen) atoms. The van der Waals surface area contributed by atoms with Crippen molar-refractivity contribution in [2.75, 3.05) is 7.05 Å². The number of carbonyl (C=O) groups is 2. The lowest BCUT2D eigenvalue weighted by Gasteiger charge is -2.31. The average molecular weight is 215 g/mol. The van der Waals surface area contributed by atoms with E-state index in [1.165, 1.54) is 18.7 Å². The molecule has 0 fully saturated rings. The van der Waals surface area contributed by atoms with E-state index < -0.39 is 11.5 Å². The number of likely N-dealkylation sites (N-methyl/N-ethyl adjacent to an activating group) is 1. The molecule has 0 heterocycles. The summed E-state index contributed by atoms with van der Waals surface area (Å²) < 4.78 is 0. The van der Waals surface area contributed by atoms with Crippen molar-refractivity contribution in [1.29, 1.82) is 0 Å². The van der Waals surface area contributed by atoms with E-state index in [0.29, 0.717) is 6.42 Å². The lowest BCUT2D eigenvalue weighted by Crippen LogP contribution is -2.50. The molecule has 0 aromatic carbocycles. The summed E-state index contributed by atoms with van der Waals surface area (Å²) in [5.41, 5.74) is -1.12. The number of unbranched alkanes of at least 4 members (excludes halogenated alkanes) is 2. The van der Waals surface area contributed by atoms with Gasteiger partial charge in [0.15, 0.2) is 0 Å². The zero-order chi connectivity index (χ0) is 12.1. The molecule has 0 aliphatic carbocycles.